The van der Waals surface area contributed by atoms with Crippen molar-refractivity contribution in [1.29, 1.82) is 0 Å². The van der Waals surface area contributed by atoms with Crippen molar-refractivity contribution in [2.45, 2.75) is 29.8 Å². The summed E-state index contributed by atoms with van der Waals surface area (Å²) in [5, 5.41) is -0.216. The molecule has 0 radical (unpaired) electrons. The topological polar surface area (TPSA) is 64.3 Å². The average molecular weight is 278 g/mol. The summed E-state index contributed by atoms with van der Waals surface area (Å²) >= 11 is 0. The molecule has 0 bridgehead atoms. The minimum atomic E-state index is -3.70. The van der Waals surface area contributed by atoms with Crippen LogP contribution in [-0.2, 0) is 9.84 Å². The monoisotopic (exact) mass is 278 g/mol. The van der Waals surface area contributed by atoms with Crippen LogP contribution in [-0.4, -0.2) is 14.7 Å². The maximum absolute atomic E-state index is 12.2. The molecule has 2 rings (SSSR count). The highest BCUT2D eigenvalue weighted by Crippen LogP contribution is 2.24. The Hall–Kier alpha value is -1.88. The SMILES string of the molecule is CC(C)c1ccc(S(=O)(=O)c2ccc(C=O)o2)cc1. The van der Waals surface area contributed by atoms with E-state index in [4.69, 9.17) is 4.42 Å². The van der Waals surface area contributed by atoms with E-state index in [1.165, 1.54) is 12.1 Å². The normalized spacial score (nSPS) is 11.7. The van der Waals surface area contributed by atoms with Gasteiger partial charge in [0.1, 0.15) is 0 Å². The molecule has 1 aromatic carbocycles. The van der Waals surface area contributed by atoms with E-state index in [0.29, 0.717) is 12.2 Å². The quantitative estimate of drug-likeness (QED) is 0.806. The van der Waals surface area contributed by atoms with Crippen LogP contribution in [0.3, 0.4) is 0 Å². The van der Waals surface area contributed by atoms with E-state index in [2.05, 4.69) is 0 Å². The molecule has 0 spiro atoms. The van der Waals surface area contributed by atoms with Crippen LogP contribution in [0.15, 0.2) is 50.8 Å². The van der Waals surface area contributed by atoms with Crippen LogP contribution in [0.5, 0.6) is 0 Å². The molecule has 0 aliphatic rings. The van der Waals surface area contributed by atoms with Crippen molar-refractivity contribution in [3.8, 4) is 0 Å². The Morgan fingerprint density at radius 2 is 1.68 bits per heavy atom. The number of hydrogen-bond acceptors (Lipinski definition) is 4. The first-order chi connectivity index (χ1) is 8.95. The lowest BCUT2D eigenvalue weighted by Gasteiger charge is -2.06. The van der Waals surface area contributed by atoms with Crippen molar-refractivity contribution in [3.05, 3.63) is 47.7 Å². The number of sulfone groups is 1. The summed E-state index contributed by atoms with van der Waals surface area (Å²) in [5.74, 6) is 0.333. The first-order valence-electron chi connectivity index (χ1n) is 5.85. The maximum atomic E-state index is 12.2. The van der Waals surface area contributed by atoms with Crippen LogP contribution >= 0.6 is 0 Å². The molecule has 19 heavy (non-hydrogen) atoms. The molecule has 0 saturated carbocycles. The van der Waals surface area contributed by atoms with Crippen molar-refractivity contribution in [2.24, 2.45) is 0 Å². The minimum absolute atomic E-state index is 0.00243. The van der Waals surface area contributed by atoms with Gasteiger partial charge in [0, 0.05) is 0 Å². The van der Waals surface area contributed by atoms with Crippen molar-refractivity contribution >= 4 is 16.1 Å². The Morgan fingerprint density at radius 1 is 1.05 bits per heavy atom. The number of carbonyl (C=O) groups is 1. The number of hydrogen-bond donors (Lipinski definition) is 0. The van der Waals surface area contributed by atoms with Gasteiger partial charge in [-0.2, -0.15) is 0 Å². The zero-order valence-electron chi connectivity index (χ0n) is 10.7. The number of carbonyl (C=O) groups excluding carboxylic acids is 1. The predicted octanol–water partition coefficient (Wildman–Crippen LogP) is 3.05. The van der Waals surface area contributed by atoms with E-state index in [1.54, 1.807) is 24.3 Å². The Kier molecular flexibility index (Phi) is 3.57. The fourth-order valence-corrected chi connectivity index (χ4v) is 2.87. The van der Waals surface area contributed by atoms with Gasteiger partial charge in [0.2, 0.25) is 14.9 Å². The largest absolute Gasteiger partial charge is 0.442 e. The molecule has 0 atom stereocenters. The fourth-order valence-electron chi connectivity index (χ4n) is 1.69. The van der Waals surface area contributed by atoms with Gasteiger partial charge in [-0.1, -0.05) is 26.0 Å². The second-order valence-corrected chi connectivity index (χ2v) is 6.38. The highest BCUT2D eigenvalue weighted by molar-refractivity contribution is 7.91. The molecule has 1 aromatic heterocycles. The highest BCUT2D eigenvalue weighted by atomic mass is 32.2. The predicted molar refractivity (Wildman–Crippen MR) is 70.1 cm³/mol. The van der Waals surface area contributed by atoms with Crippen LogP contribution < -0.4 is 0 Å². The Labute approximate surface area is 112 Å². The second-order valence-electron chi connectivity index (χ2n) is 4.50. The second kappa shape index (κ2) is 5.01. The summed E-state index contributed by atoms with van der Waals surface area (Å²) in [4.78, 5) is 10.7. The van der Waals surface area contributed by atoms with Crippen LogP contribution in [0.2, 0.25) is 0 Å². The van der Waals surface area contributed by atoms with Crippen LogP contribution in [0, 0.1) is 0 Å². The van der Waals surface area contributed by atoms with Crippen LogP contribution in [0.25, 0.3) is 0 Å². The van der Waals surface area contributed by atoms with E-state index in [-0.39, 0.29) is 15.7 Å². The third kappa shape index (κ3) is 2.61. The molecule has 4 nitrogen and oxygen atoms in total. The van der Waals surface area contributed by atoms with E-state index in [0.717, 1.165) is 5.56 Å². The lowest BCUT2D eigenvalue weighted by molar-refractivity contribution is 0.109. The molecule has 2 aromatic rings. The van der Waals surface area contributed by atoms with Crippen LogP contribution in [0.4, 0.5) is 0 Å². The highest BCUT2D eigenvalue weighted by Gasteiger charge is 2.21. The standard InChI is InChI=1S/C14H14O4S/c1-10(2)11-3-6-13(7-4-11)19(16,17)14-8-5-12(9-15)18-14/h3-10H,1-2H3. The van der Waals surface area contributed by atoms with E-state index >= 15 is 0 Å². The average Bonchev–Trinajstić information content (AvgIpc) is 2.88. The van der Waals surface area contributed by atoms with Crippen LogP contribution in [0.1, 0.15) is 35.9 Å². The Balaban J connectivity index is 2.41. The summed E-state index contributed by atoms with van der Waals surface area (Å²) in [6.07, 6.45) is 0.473. The van der Waals surface area contributed by atoms with Crippen molar-refractivity contribution in [2.75, 3.05) is 0 Å². The van der Waals surface area contributed by atoms with Crippen molar-refractivity contribution in [1.82, 2.24) is 0 Å². The van der Waals surface area contributed by atoms with Gasteiger partial charge in [-0.3, -0.25) is 4.79 Å². The van der Waals surface area contributed by atoms with Gasteiger partial charge in [-0.15, -0.1) is 0 Å². The zero-order chi connectivity index (χ0) is 14.0. The lowest BCUT2D eigenvalue weighted by atomic mass is 10.0. The first kappa shape index (κ1) is 13.5. The summed E-state index contributed by atoms with van der Waals surface area (Å²) in [7, 11) is -3.70. The van der Waals surface area contributed by atoms with Gasteiger partial charge in [0.15, 0.2) is 12.0 Å². The number of rotatable bonds is 4. The summed E-state index contributed by atoms with van der Waals surface area (Å²) < 4.78 is 29.4. The first-order valence-corrected chi connectivity index (χ1v) is 7.33. The minimum Gasteiger partial charge on any atom is -0.442 e. The molecule has 0 fully saturated rings. The van der Waals surface area contributed by atoms with E-state index in [1.807, 2.05) is 13.8 Å². The van der Waals surface area contributed by atoms with Gasteiger partial charge < -0.3 is 4.42 Å². The van der Waals surface area contributed by atoms with Gasteiger partial charge in [0.25, 0.3) is 0 Å². The molecule has 0 saturated heterocycles. The third-order valence-electron chi connectivity index (χ3n) is 2.84. The molecular formula is C14H14O4S. The molecule has 0 amide bonds. The molecule has 0 aliphatic carbocycles. The summed E-state index contributed by atoms with van der Waals surface area (Å²) in [6.45, 7) is 4.07. The molecule has 5 heteroatoms. The zero-order valence-corrected chi connectivity index (χ0v) is 11.5. The Bertz CT molecular complexity index is 678. The summed E-state index contributed by atoms with van der Waals surface area (Å²) in [5.41, 5.74) is 1.06. The third-order valence-corrected chi connectivity index (χ3v) is 4.48. The smallest absolute Gasteiger partial charge is 0.239 e. The Morgan fingerprint density at radius 3 is 2.16 bits per heavy atom. The van der Waals surface area contributed by atoms with Crippen molar-refractivity contribution in [3.63, 3.8) is 0 Å². The van der Waals surface area contributed by atoms with Gasteiger partial charge in [0.05, 0.1) is 4.90 Å². The lowest BCUT2D eigenvalue weighted by Crippen LogP contribution is -2.01. The van der Waals surface area contributed by atoms with Gasteiger partial charge in [-0.05, 0) is 35.7 Å². The number of aldehydes is 1. The number of benzene rings is 1. The van der Waals surface area contributed by atoms with E-state index < -0.39 is 9.84 Å². The molecule has 100 valence electrons. The molecule has 0 N–H and O–H groups in total. The number of furan rings is 1. The fraction of sp³-hybridized carbons (Fsp3) is 0.214. The molecule has 1 heterocycles. The van der Waals surface area contributed by atoms with Gasteiger partial charge >= 0.3 is 0 Å². The van der Waals surface area contributed by atoms with Gasteiger partial charge in [-0.25, -0.2) is 8.42 Å². The van der Waals surface area contributed by atoms with Crippen molar-refractivity contribution < 1.29 is 17.6 Å². The molecule has 0 aliphatic heterocycles. The van der Waals surface area contributed by atoms with E-state index in [9.17, 15) is 13.2 Å². The molecule has 0 unspecified atom stereocenters. The molecular weight excluding hydrogens is 264 g/mol. The maximum Gasteiger partial charge on any atom is 0.239 e. The summed E-state index contributed by atoms with van der Waals surface area (Å²) in [6, 6.07) is 9.28.